The highest BCUT2D eigenvalue weighted by atomic mass is 16.4. The number of fused-ring (bicyclic) bond motifs is 2. The van der Waals surface area contributed by atoms with Gasteiger partial charge in [-0.25, -0.2) is 4.79 Å². The number of rotatable bonds is 3. The molecule has 5 nitrogen and oxygen atoms in total. The SMILES string of the molecule is Cc1cc(=O)oc2cc(NC(=O)Cc3c[nH]c4ccccc34)ccc12. The Labute approximate surface area is 143 Å². The monoisotopic (exact) mass is 332 g/mol. The molecule has 0 spiro atoms. The van der Waals surface area contributed by atoms with Gasteiger partial charge < -0.3 is 14.7 Å². The molecule has 1 amide bonds. The third-order valence-electron chi connectivity index (χ3n) is 4.26. The molecule has 5 heteroatoms. The third-order valence-corrected chi connectivity index (χ3v) is 4.26. The van der Waals surface area contributed by atoms with Crippen molar-refractivity contribution in [1.82, 2.24) is 4.98 Å². The molecule has 0 unspecified atom stereocenters. The van der Waals surface area contributed by atoms with Crippen LogP contribution in [0, 0.1) is 6.92 Å². The Morgan fingerprint density at radius 1 is 1.12 bits per heavy atom. The molecule has 0 radical (unpaired) electrons. The van der Waals surface area contributed by atoms with Crippen LogP contribution in [-0.2, 0) is 11.2 Å². The number of hydrogen-bond donors (Lipinski definition) is 2. The first-order valence-corrected chi connectivity index (χ1v) is 7.99. The highest BCUT2D eigenvalue weighted by Gasteiger charge is 2.10. The van der Waals surface area contributed by atoms with E-state index in [4.69, 9.17) is 4.42 Å². The summed E-state index contributed by atoms with van der Waals surface area (Å²) in [6.45, 7) is 1.86. The number of benzene rings is 2. The van der Waals surface area contributed by atoms with Crippen LogP contribution in [0.15, 0.2) is 63.9 Å². The van der Waals surface area contributed by atoms with Crippen molar-refractivity contribution in [2.24, 2.45) is 0 Å². The lowest BCUT2D eigenvalue weighted by Crippen LogP contribution is -2.14. The lowest BCUT2D eigenvalue weighted by Gasteiger charge is -2.07. The highest BCUT2D eigenvalue weighted by molar-refractivity contribution is 5.97. The number of carbonyl (C=O) groups excluding carboxylic acids is 1. The van der Waals surface area contributed by atoms with Crippen LogP contribution in [0.1, 0.15) is 11.1 Å². The van der Waals surface area contributed by atoms with Gasteiger partial charge in [0.05, 0.1) is 6.42 Å². The van der Waals surface area contributed by atoms with Gasteiger partial charge in [-0.15, -0.1) is 0 Å². The number of aryl methyl sites for hydroxylation is 1. The number of para-hydroxylation sites is 1. The van der Waals surface area contributed by atoms with E-state index in [0.29, 0.717) is 11.3 Å². The molecule has 25 heavy (non-hydrogen) atoms. The van der Waals surface area contributed by atoms with E-state index < -0.39 is 5.63 Å². The van der Waals surface area contributed by atoms with Crippen LogP contribution in [-0.4, -0.2) is 10.9 Å². The largest absolute Gasteiger partial charge is 0.423 e. The summed E-state index contributed by atoms with van der Waals surface area (Å²) in [5.74, 6) is -0.126. The van der Waals surface area contributed by atoms with Gasteiger partial charge in [0.2, 0.25) is 5.91 Å². The maximum absolute atomic E-state index is 12.4. The topological polar surface area (TPSA) is 75.1 Å². The quantitative estimate of drug-likeness (QED) is 0.561. The van der Waals surface area contributed by atoms with E-state index in [1.165, 1.54) is 6.07 Å². The second-order valence-corrected chi connectivity index (χ2v) is 6.04. The first-order valence-electron chi connectivity index (χ1n) is 7.99. The van der Waals surface area contributed by atoms with E-state index in [9.17, 15) is 9.59 Å². The molecule has 2 aromatic carbocycles. The van der Waals surface area contributed by atoms with Crippen LogP contribution in [0.2, 0.25) is 0 Å². The molecule has 0 fully saturated rings. The Hall–Kier alpha value is -3.34. The molecule has 0 saturated heterocycles. The van der Waals surface area contributed by atoms with Gasteiger partial charge in [0.25, 0.3) is 0 Å². The number of aromatic nitrogens is 1. The smallest absolute Gasteiger partial charge is 0.336 e. The molecule has 124 valence electrons. The fourth-order valence-electron chi connectivity index (χ4n) is 3.06. The number of aromatic amines is 1. The van der Waals surface area contributed by atoms with Gasteiger partial charge in [0, 0.05) is 40.3 Å². The summed E-state index contributed by atoms with van der Waals surface area (Å²) < 4.78 is 5.22. The third kappa shape index (κ3) is 2.92. The maximum Gasteiger partial charge on any atom is 0.336 e. The van der Waals surface area contributed by atoms with Gasteiger partial charge in [-0.2, -0.15) is 0 Å². The predicted octanol–water partition coefficient (Wildman–Crippen LogP) is 3.76. The predicted molar refractivity (Wildman–Crippen MR) is 97.9 cm³/mol. The standard InChI is InChI=1S/C20H16N2O3/c1-12-8-20(24)25-18-10-14(6-7-15(12)18)22-19(23)9-13-11-21-17-5-3-2-4-16(13)17/h2-8,10-11,21H,9H2,1H3,(H,22,23). The zero-order valence-electron chi connectivity index (χ0n) is 13.6. The first-order chi connectivity index (χ1) is 12.1. The summed E-state index contributed by atoms with van der Waals surface area (Å²) in [4.78, 5) is 27.1. The van der Waals surface area contributed by atoms with E-state index in [2.05, 4.69) is 10.3 Å². The maximum atomic E-state index is 12.4. The van der Waals surface area contributed by atoms with Gasteiger partial charge >= 0.3 is 5.63 Å². The molecular weight excluding hydrogens is 316 g/mol. The summed E-state index contributed by atoms with van der Waals surface area (Å²) in [6, 6.07) is 14.6. The van der Waals surface area contributed by atoms with E-state index in [-0.39, 0.29) is 12.3 Å². The molecular formula is C20H16N2O3. The molecule has 0 bridgehead atoms. The van der Waals surface area contributed by atoms with Crippen molar-refractivity contribution in [2.75, 3.05) is 5.32 Å². The van der Waals surface area contributed by atoms with Gasteiger partial charge in [-0.3, -0.25) is 4.79 Å². The van der Waals surface area contributed by atoms with Crippen molar-refractivity contribution in [2.45, 2.75) is 13.3 Å². The van der Waals surface area contributed by atoms with Crippen molar-refractivity contribution in [3.63, 3.8) is 0 Å². The van der Waals surface area contributed by atoms with Crippen molar-refractivity contribution >= 4 is 33.5 Å². The van der Waals surface area contributed by atoms with E-state index in [1.807, 2.05) is 49.5 Å². The molecule has 2 aromatic heterocycles. The van der Waals surface area contributed by atoms with Crippen molar-refractivity contribution in [3.05, 3.63) is 76.3 Å². The van der Waals surface area contributed by atoms with Crippen LogP contribution < -0.4 is 10.9 Å². The lowest BCUT2D eigenvalue weighted by molar-refractivity contribution is -0.115. The second kappa shape index (κ2) is 5.94. The summed E-state index contributed by atoms with van der Waals surface area (Å²) in [5.41, 5.74) is 3.47. The molecule has 2 heterocycles. The Morgan fingerprint density at radius 3 is 2.84 bits per heavy atom. The fraction of sp³-hybridized carbons (Fsp3) is 0.100. The fourth-order valence-corrected chi connectivity index (χ4v) is 3.06. The van der Waals surface area contributed by atoms with Crippen molar-refractivity contribution in [1.29, 1.82) is 0 Å². The van der Waals surface area contributed by atoms with Gasteiger partial charge in [0.1, 0.15) is 5.58 Å². The number of nitrogens with one attached hydrogen (secondary N) is 2. The Morgan fingerprint density at radius 2 is 1.96 bits per heavy atom. The molecule has 0 atom stereocenters. The molecule has 4 rings (SSSR count). The summed E-state index contributed by atoms with van der Waals surface area (Å²) in [6.07, 6.45) is 2.12. The number of hydrogen-bond acceptors (Lipinski definition) is 3. The Bertz CT molecular complexity index is 1150. The van der Waals surface area contributed by atoms with Crippen LogP contribution in [0.4, 0.5) is 5.69 Å². The average molecular weight is 332 g/mol. The number of anilines is 1. The van der Waals surface area contributed by atoms with Crippen molar-refractivity contribution in [3.8, 4) is 0 Å². The Balaban J connectivity index is 1.58. The second-order valence-electron chi connectivity index (χ2n) is 6.04. The number of amides is 1. The zero-order valence-corrected chi connectivity index (χ0v) is 13.6. The van der Waals surface area contributed by atoms with E-state index >= 15 is 0 Å². The van der Waals surface area contributed by atoms with E-state index in [1.54, 1.807) is 6.07 Å². The normalized spacial score (nSPS) is 11.1. The highest BCUT2D eigenvalue weighted by Crippen LogP contribution is 2.22. The van der Waals surface area contributed by atoms with Crippen molar-refractivity contribution < 1.29 is 9.21 Å². The summed E-state index contributed by atoms with van der Waals surface area (Å²) >= 11 is 0. The summed E-state index contributed by atoms with van der Waals surface area (Å²) in [5, 5.41) is 4.76. The molecule has 0 aliphatic rings. The van der Waals surface area contributed by atoms with E-state index in [0.717, 1.165) is 27.4 Å². The van der Waals surface area contributed by atoms with Crippen LogP contribution in [0.3, 0.4) is 0 Å². The number of carbonyl (C=O) groups is 1. The minimum Gasteiger partial charge on any atom is -0.423 e. The minimum absolute atomic E-state index is 0.126. The molecule has 0 saturated carbocycles. The van der Waals surface area contributed by atoms with Crippen LogP contribution in [0.5, 0.6) is 0 Å². The summed E-state index contributed by atoms with van der Waals surface area (Å²) in [7, 11) is 0. The zero-order chi connectivity index (χ0) is 17.4. The Kier molecular flexibility index (Phi) is 3.61. The van der Waals surface area contributed by atoms with Gasteiger partial charge in [0.15, 0.2) is 0 Å². The molecule has 0 aliphatic heterocycles. The average Bonchev–Trinajstić information content (AvgIpc) is 2.97. The minimum atomic E-state index is -0.396. The van der Waals surface area contributed by atoms with Gasteiger partial charge in [-0.05, 0) is 36.2 Å². The molecule has 4 aromatic rings. The van der Waals surface area contributed by atoms with Gasteiger partial charge in [-0.1, -0.05) is 18.2 Å². The lowest BCUT2D eigenvalue weighted by atomic mass is 10.1. The van der Waals surface area contributed by atoms with Crippen LogP contribution in [0.25, 0.3) is 21.9 Å². The van der Waals surface area contributed by atoms with Crippen LogP contribution >= 0.6 is 0 Å². The molecule has 0 aliphatic carbocycles. The molecule has 2 N–H and O–H groups in total. The first kappa shape index (κ1) is 15.2. The number of H-pyrrole nitrogens is 1.